The monoisotopic (exact) mass is 620 g/mol. The van der Waals surface area contributed by atoms with Gasteiger partial charge in [0.25, 0.3) is 0 Å². The molecule has 0 fully saturated rings. The molecule has 0 saturated heterocycles. The van der Waals surface area contributed by atoms with E-state index in [4.69, 9.17) is 19.4 Å². The van der Waals surface area contributed by atoms with E-state index >= 15 is 0 Å². The van der Waals surface area contributed by atoms with Crippen LogP contribution in [-0.2, 0) is 33.6 Å². The number of nitrogens with zero attached hydrogens (tertiary/aromatic N) is 2. The van der Waals surface area contributed by atoms with Gasteiger partial charge in [0.2, 0.25) is 0 Å². The van der Waals surface area contributed by atoms with Crippen molar-refractivity contribution in [1.29, 1.82) is 5.26 Å². The molecule has 0 bridgehead atoms. The molecule has 0 amide bonds. The quantitative estimate of drug-likeness (QED) is 0.258. The Kier molecular flexibility index (Phi) is 14.6. The third kappa shape index (κ3) is 12.5. The van der Waals surface area contributed by atoms with Crippen molar-refractivity contribution in [2.24, 2.45) is 5.92 Å². The van der Waals surface area contributed by atoms with Crippen LogP contribution in [0.25, 0.3) is 0 Å². The maximum absolute atomic E-state index is 12.1. The molecule has 1 aliphatic rings. The lowest BCUT2D eigenvalue weighted by Crippen LogP contribution is -2.39. The predicted molar refractivity (Wildman–Crippen MR) is 159 cm³/mol. The number of ether oxygens (including phenoxy) is 2. The highest BCUT2D eigenvalue weighted by molar-refractivity contribution is 5.73. The normalized spacial score (nSPS) is 14.9. The standard InChI is InChI=1S/C31H42N2O4.C2HF3O2/c1-5-8-23(3)37-31(35)14-12-24-11-13-28(19-32)30(18-24)36-21-29(34)20-33(4)22(2)15-25-16-26-9-6-7-10-27(26)17-25;3-2(4,5)1(6)7/h6-7,9-11,13,18,22-23,25,29,34H,5,8,12,14-17,20-21H2,1-4H3;(H,6,7)/t22?,23?,29-;/m1./s1. The summed E-state index contributed by atoms with van der Waals surface area (Å²) in [6.07, 6.45) is 0.106. The summed E-state index contributed by atoms with van der Waals surface area (Å²) in [4.78, 5) is 23.2. The first-order valence-electron chi connectivity index (χ1n) is 14.8. The van der Waals surface area contributed by atoms with Gasteiger partial charge >= 0.3 is 18.1 Å². The molecule has 0 heterocycles. The summed E-state index contributed by atoms with van der Waals surface area (Å²) in [7, 11) is 2.04. The minimum atomic E-state index is -5.08. The molecular weight excluding hydrogens is 577 g/mol. The van der Waals surface area contributed by atoms with Crippen LogP contribution in [-0.4, -0.2) is 71.7 Å². The van der Waals surface area contributed by atoms with Gasteiger partial charge in [0.05, 0.1) is 11.7 Å². The van der Waals surface area contributed by atoms with Crippen LogP contribution >= 0.6 is 0 Å². The number of hydrogen-bond acceptors (Lipinski definition) is 7. The number of carbonyl (C=O) groups is 2. The van der Waals surface area contributed by atoms with Gasteiger partial charge in [-0.2, -0.15) is 18.4 Å². The molecule has 0 aliphatic heterocycles. The lowest BCUT2D eigenvalue weighted by atomic mass is 9.97. The number of aliphatic hydroxyl groups excluding tert-OH is 1. The van der Waals surface area contributed by atoms with Crippen molar-refractivity contribution in [2.75, 3.05) is 20.2 Å². The molecule has 2 aromatic rings. The zero-order chi connectivity index (χ0) is 32.9. The Labute approximate surface area is 257 Å². The molecule has 8 nitrogen and oxygen atoms in total. The van der Waals surface area contributed by atoms with Gasteiger partial charge in [0, 0.05) is 19.0 Å². The Hall–Kier alpha value is -3.62. The van der Waals surface area contributed by atoms with Crippen LogP contribution in [0.1, 0.15) is 68.7 Å². The van der Waals surface area contributed by atoms with Gasteiger partial charge in [-0.15, -0.1) is 0 Å². The van der Waals surface area contributed by atoms with Crippen LogP contribution < -0.4 is 4.74 Å². The van der Waals surface area contributed by atoms with Crippen LogP contribution in [0.5, 0.6) is 5.75 Å². The molecule has 44 heavy (non-hydrogen) atoms. The van der Waals surface area contributed by atoms with Crippen molar-refractivity contribution in [1.82, 2.24) is 4.90 Å². The fraction of sp³-hybridized carbons (Fsp3) is 0.545. The second kappa shape index (κ2) is 17.6. The summed E-state index contributed by atoms with van der Waals surface area (Å²) in [5.41, 5.74) is 4.24. The number of likely N-dealkylation sites (N-methyl/N-ethyl adjacent to an activating group) is 1. The Morgan fingerprint density at radius 3 is 2.30 bits per heavy atom. The van der Waals surface area contributed by atoms with Crippen molar-refractivity contribution < 1.29 is 42.4 Å². The first kappa shape index (κ1) is 36.6. The summed E-state index contributed by atoms with van der Waals surface area (Å²) in [6, 6.07) is 16.5. The van der Waals surface area contributed by atoms with Crippen molar-refractivity contribution in [2.45, 2.75) is 90.1 Å². The summed E-state index contributed by atoms with van der Waals surface area (Å²) < 4.78 is 43.0. The Balaban J connectivity index is 0.000000860. The number of aliphatic hydroxyl groups is 1. The number of aryl methyl sites for hydroxylation is 1. The van der Waals surface area contributed by atoms with E-state index in [1.54, 1.807) is 12.1 Å². The van der Waals surface area contributed by atoms with Gasteiger partial charge in [-0.25, -0.2) is 4.79 Å². The summed E-state index contributed by atoms with van der Waals surface area (Å²) in [5.74, 6) is -1.91. The van der Waals surface area contributed by atoms with E-state index in [1.165, 1.54) is 11.1 Å². The topological polar surface area (TPSA) is 120 Å². The van der Waals surface area contributed by atoms with Crippen molar-refractivity contribution in [3.8, 4) is 11.8 Å². The van der Waals surface area contributed by atoms with E-state index in [2.05, 4.69) is 49.1 Å². The second-order valence-corrected chi connectivity index (χ2v) is 11.4. The minimum Gasteiger partial charge on any atom is -0.489 e. The third-order valence-electron chi connectivity index (χ3n) is 7.55. The Morgan fingerprint density at radius 1 is 1.14 bits per heavy atom. The van der Waals surface area contributed by atoms with Gasteiger partial charge in [0.15, 0.2) is 0 Å². The number of rotatable bonds is 14. The van der Waals surface area contributed by atoms with Crippen LogP contribution in [0.3, 0.4) is 0 Å². The highest BCUT2D eigenvalue weighted by Gasteiger charge is 2.38. The first-order chi connectivity index (χ1) is 20.7. The fourth-order valence-electron chi connectivity index (χ4n) is 5.16. The number of carboxylic acid groups (broad SMARTS) is 1. The zero-order valence-electron chi connectivity index (χ0n) is 25.8. The maximum atomic E-state index is 12.1. The lowest BCUT2D eigenvalue weighted by Gasteiger charge is -2.29. The number of hydrogen-bond donors (Lipinski definition) is 2. The van der Waals surface area contributed by atoms with Gasteiger partial charge in [0.1, 0.15) is 24.5 Å². The predicted octanol–water partition coefficient (Wildman–Crippen LogP) is 5.72. The van der Waals surface area contributed by atoms with Crippen LogP contribution in [0.4, 0.5) is 13.2 Å². The Bertz CT molecular complexity index is 1240. The number of benzene rings is 2. The Morgan fingerprint density at radius 2 is 1.75 bits per heavy atom. The number of fused-ring (bicyclic) bond motifs is 1. The summed E-state index contributed by atoms with van der Waals surface area (Å²) in [6.45, 7) is 6.77. The highest BCUT2D eigenvalue weighted by Crippen LogP contribution is 2.30. The summed E-state index contributed by atoms with van der Waals surface area (Å²) in [5, 5.41) is 27.3. The van der Waals surface area contributed by atoms with Gasteiger partial charge < -0.3 is 24.6 Å². The molecule has 0 saturated carbocycles. The van der Waals surface area contributed by atoms with E-state index < -0.39 is 18.2 Å². The van der Waals surface area contributed by atoms with Crippen LogP contribution in [0.15, 0.2) is 42.5 Å². The average molecular weight is 621 g/mol. The molecule has 0 radical (unpaired) electrons. The van der Waals surface area contributed by atoms with E-state index in [1.807, 2.05) is 20.0 Å². The molecule has 3 rings (SSSR count). The summed E-state index contributed by atoms with van der Waals surface area (Å²) >= 11 is 0. The van der Waals surface area contributed by atoms with E-state index in [-0.39, 0.29) is 25.1 Å². The molecule has 0 spiro atoms. The van der Waals surface area contributed by atoms with E-state index in [0.717, 1.165) is 37.7 Å². The van der Waals surface area contributed by atoms with Crippen molar-refractivity contribution in [3.63, 3.8) is 0 Å². The number of esters is 1. The van der Waals surface area contributed by atoms with Crippen molar-refractivity contribution in [3.05, 3.63) is 64.7 Å². The maximum Gasteiger partial charge on any atom is 0.490 e. The number of aliphatic carboxylic acids is 1. The van der Waals surface area contributed by atoms with Gasteiger partial charge in [-0.1, -0.05) is 43.7 Å². The van der Waals surface area contributed by atoms with Crippen LogP contribution in [0, 0.1) is 17.2 Å². The molecule has 3 atom stereocenters. The minimum absolute atomic E-state index is 0.0749. The molecule has 0 aromatic heterocycles. The van der Waals surface area contributed by atoms with E-state index in [9.17, 15) is 28.3 Å². The number of carbonyl (C=O) groups excluding carboxylic acids is 1. The number of halogens is 3. The number of nitriles is 1. The molecule has 2 unspecified atom stereocenters. The lowest BCUT2D eigenvalue weighted by molar-refractivity contribution is -0.192. The fourth-order valence-corrected chi connectivity index (χ4v) is 5.16. The molecular formula is C33H43F3N2O6. The SMILES string of the molecule is CCCC(C)OC(=O)CCc1ccc(C#N)c(OC[C@H](O)CN(C)C(C)CC2Cc3ccccc3C2)c1.O=C(O)C(F)(F)F. The van der Waals surface area contributed by atoms with Gasteiger partial charge in [-0.05, 0) is 87.7 Å². The molecule has 1 aliphatic carbocycles. The highest BCUT2D eigenvalue weighted by atomic mass is 19.4. The van der Waals surface area contributed by atoms with Gasteiger partial charge in [-0.3, -0.25) is 4.79 Å². The second-order valence-electron chi connectivity index (χ2n) is 11.4. The van der Waals surface area contributed by atoms with Crippen LogP contribution in [0.2, 0.25) is 0 Å². The molecule has 2 aromatic carbocycles. The van der Waals surface area contributed by atoms with Crippen molar-refractivity contribution >= 4 is 11.9 Å². The molecule has 2 N–H and O–H groups in total. The largest absolute Gasteiger partial charge is 0.490 e. The molecule has 11 heteroatoms. The first-order valence-corrected chi connectivity index (χ1v) is 14.8. The third-order valence-corrected chi connectivity index (χ3v) is 7.55. The smallest absolute Gasteiger partial charge is 0.489 e. The zero-order valence-corrected chi connectivity index (χ0v) is 25.8. The molecule has 242 valence electrons. The average Bonchev–Trinajstić information content (AvgIpc) is 3.37. The van der Waals surface area contributed by atoms with E-state index in [0.29, 0.717) is 36.2 Å². The number of carboxylic acids is 1. The number of alkyl halides is 3.